The van der Waals surface area contributed by atoms with Gasteiger partial charge in [0.15, 0.2) is 0 Å². The van der Waals surface area contributed by atoms with E-state index in [0.29, 0.717) is 0 Å². The van der Waals surface area contributed by atoms with Crippen molar-refractivity contribution in [1.82, 2.24) is 4.90 Å². The number of para-hydroxylation sites is 1. The van der Waals surface area contributed by atoms with Crippen LogP contribution in [0.5, 0.6) is 0 Å². The molecule has 0 bridgehead atoms. The van der Waals surface area contributed by atoms with E-state index in [1.165, 1.54) is 31.5 Å². The second kappa shape index (κ2) is 6.76. The molecule has 1 saturated heterocycles. The molecular formula is C15H24N2O. The van der Waals surface area contributed by atoms with Gasteiger partial charge in [0.05, 0.1) is 0 Å². The fourth-order valence-electron chi connectivity index (χ4n) is 2.65. The van der Waals surface area contributed by atoms with Crippen molar-refractivity contribution in [2.75, 3.05) is 39.1 Å². The van der Waals surface area contributed by atoms with E-state index in [1.807, 2.05) is 12.1 Å². The number of piperidine rings is 1. The largest absolute Gasteiger partial charge is 0.399 e. The number of hydrogen-bond acceptors (Lipinski definition) is 3. The van der Waals surface area contributed by atoms with Gasteiger partial charge >= 0.3 is 0 Å². The molecule has 2 N–H and O–H groups in total. The Hall–Kier alpha value is -1.06. The second-order valence-corrected chi connectivity index (χ2v) is 5.19. The first-order valence-electron chi connectivity index (χ1n) is 6.84. The molecule has 3 heteroatoms. The summed E-state index contributed by atoms with van der Waals surface area (Å²) in [5.41, 5.74) is 8.16. The summed E-state index contributed by atoms with van der Waals surface area (Å²) in [6.45, 7) is 4.43. The average Bonchev–Trinajstić information content (AvgIpc) is 2.40. The van der Waals surface area contributed by atoms with Crippen LogP contribution in [-0.4, -0.2) is 38.3 Å². The lowest BCUT2D eigenvalue weighted by atomic mass is 9.97. The predicted octanol–water partition coefficient (Wildman–Crippen LogP) is 2.17. The Bertz CT molecular complexity index is 359. The molecule has 0 amide bonds. The highest BCUT2D eigenvalue weighted by Crippen LogP contribution is 2.18. The van der Waals surface area contributed by atoms with Crippen LogP contribution in [0.3, 0.4) is 0 Å². The highest BCUT2D eigenvalue weighted by atomic mass is 16.5. The lowest BCUT2D eigenvalue weighted by Gasteiger charge is -2.31. The quantitative estimate of drug-likeness (QED) is 0.812. The lowest BCUT2D eigenvalue weighted by molar-refractivity contribution is 0.100. The zero-order valence-electron chi connectivity index (χ0n) is 11.3. The third kappa shape index (κ3) is 3.72. The summed E-state index contributed by atoms with van der Waals surface area (Å²) < 4.78 is 5.23. The van der Waals surface area contributed by atoms with Crippen LogP contribution in [0.25, 0.3) is 0 Å². The van der Waals surface area contributed by atoms with Crippen molar-refractivity contribution < 1.29 is 4.74 Å². The van der Waals surface area contributed by atoms with Gasteiger partial charge in [-0.2, -0.15) is 0 Å². The van der Waals surface area contributed by atoms with E-state index in [-0.39, 0.29) is 0 Å². The van der Waals surface area contributed by atoms with Crippen LogP contribution in [0, 0.1) is 5.92 Å². The van der Waals surface area contributed by atoms with Crippen molar-refractivity contribution in [3.05, 3.63) is 29.8 Å². The van der Waals surface area contributed by atoms with Gasteiger partial charge in [0, 0.05) is 25.9 Å². The number of benzene rings is 1. The molecule has 0 saturated carbocycles. The summed E-state index contributed by atoms with van der Waals surface area (Å²) in [5.74, 6) is 0.757. The fraction of sp³-hybridized carbons (Fsp3) is 0.600. The average molecular weight is 248 g/mol. The van der Waals surface area contributed by atoms with Crippen LogP contribution in [0.4, 0.5) is 5.69 Å². The van der Waals surface area contributed by atoms with Crippen LogP contribution >= 0.6 is 0 Å². The maximum Gasteiger partial charge on any atom is 0.0491 e. The molecule has 0 spiro atoms. The van der Waals surface area contributed by atoms with E-state index in [0.717, 1.165) is 31.2 Å². The normalized spacial score (nSPS) is 18.1. The molecule has 0 unspecified atom stereocenters. The van der Waals surface area contributed by atoms with Crippen LogP contribution in [0.2, 0.25) is 0 Å². The van der Waals surface area contributed by atoms with E-state index >= 15 is 0 Å². The standard InChI is InChI=1S/C15H24N2O/c1-18-12-13-6-9-17(10-7-13)11-8-14-4-2-3-5-15(14)16/h2-5,13H,6-12,16H2,1H3. The molecule has 1 heterocycles. The summed E-state index contributed by atoms with van der Waals surface area (Å²) in [5, 5.41) is 0. The highest BCUT2D eigenvalue weighted by Gasteiger charge is 2.18. The number of ether oxygens (including phenoxy) is 1. The summed E-state index contributed by atoms with van der Waals surface area (Å²) in [7, 11) is 1.80. The summed E-state index contributed by atoms with van der Waals surface area (Å²) >= 11 is 0. The van der Waals surface area contributed by atoms with E-state index in [4.69, 9.17) is 10.5 Å². The van der Waals surface area contributed by atoms with E-state index < -0.39 is 0 Å². The van der Waals surface area contributed by atoms with Gasteiger partial charge in [0.2, 0.25) is 0 Å². The summed E-state index contributed by atoms with van der Waals surface area (Å²) in [6.07, 6.45) is 3.58. The van der Waals surface area contributed by atoms with Crippen LogP contribution in [-0.2, 0) is 11.2 Å². The maximum absolute atomic E-state index is 5.96. The van der Waals surface area contributed by atoms with Gasteiger partial charge in [-0.1, -0.05) is 18.2 Å². The predicted molar refractivity (Wildman–Crippen MR) is 75.6 cm³/mol. The van der Waals surface area contributed by atoms with Gasteiger partial charge < -0.3 is 15.4 Å². The van der Waals surface area contributed by atoms with Crippen molar-refractivity contribution >= 4 is 5.69 Å². The number of hydrogen-bond donors (Lipinski definition) is 1. The van der Waals surface area contributed by atoms with Gasteiger partial charge in [-0.3, -0.25) is 0 Å². The number of likely N-dealkylation sites (tertiary alicyclic amines) is 1. The number of nitrogens with zero attached hydrogens (tertiary/aromatic N) is 1. The molecule has 0 aromatic heterocycles. The molecule has 0 radical (unpaired) electrons. The number of rotatable bonds is 5. The number of anilines is 1. The fourth-order valence-corrected chi connectivity index (χ4v) is 2.65. The Labute approximate surface area is 110 Å². The van der Waals surface area contributed by atoms with Gasteiger partial charge in [0.25, 0.3) is 0 Å². The first kappa shape index (κ1) is 13.4. The maximum atomic E-state index is 5.96. The Morgan fingerprint density at radius 1 is 1.28 bits per heavy atom. The molecule has 1 aromatic rings. The minimum atomic E-state index is 0.757. The molecular weight excluding hydrogens is 224 g/mol. The van der Waals surface area contributed by atoms with Crippen molar-refractivity contribution in [2.45, 2.75) is 19.3 Å². The zero-order chi connectivity index (χ0) is 12.8. The first-order chi connectivity index (χ1) is 8.79. The van der Waals surface area contributed by atoms with E-state index in [1.54, 1.807) is 7.11 Å². The Morgan fingerprint density at radius 2 is 2.00 bits per heavy atom. The van der Waals surface area contributed by atoms with Crippen LogP contribution < -0.4 is 5.73 Å². The van der Waals surface area contributed by atoms with Crippen molar-refractivity contribution in [3.8, 4) is 0 Å². The lowest BCUT2D eigenvalue weighted by Crippen LogP contribution is -2.36. The van der Waals surface area contributed by atoms with Crippen molar-refractivity contribution in [3.63, 3.8) is 0 Å². The van der Waals surface area contributed by atoms with Crippen molar-refractivity contribution in [2.24, 2.45) is 5.92 Å². The molecule has 1 fully saturated rings. The van der Waals surface area contributed by atoms with E-state index in [2.05, 4.69) is 17.0 Å². The summed E-state index contributed by atoms with van der Waals surface area (Å²) in [6, 6.07) is 8.18. The molecule has 0 aliphatic carbocycles. The first-order valence-corrected chi connectivity index (χ1v) is 6.84. The van der Waals surface area contributed by atoms with Crippen LogP contribution in [0.1, 0.15) is 18.4 Å². The summed E-state index contributed by atoms with van der Waals surface area (Å²) in [4.78, 5) is 2.54. The van der Waals surface area contributed by atoms with E-state index in [9.17, 15) is 0 Å². The smallest absolute Gasteiger partial charge is 0.0491 e. The molecule has 0 atom stereocenters. The molecule has 100 valence electrons. The number of nitrogens with two attached hydrogens (primary N) is 1. The highest BCUT2D eigenvalue weighted by molar-refractivity contribution is 5.46. The Balaban J connectivity index is 1.74. The number of nitrogen functional groups attached to an aromatic ring is 1. The molecule has 3 nitrogen and oxygen atoms in total. The molecule has 18 heavy (non-hydrogen) atoms. The zero-order valence-corrected chi connectivity index (χ0v) is 11.3. The van der Waals surface area contributed by atoms with Crippen molar-refractivity contribution in [1.29, 1.82) is 0 Å². The van der Waals surface area contributed by atoms with Gasteiger partial charge in [-0.25, -0.2) is 0 Å². The molecule has 2 rings (SSSR count). The monoisotopic (exact) mass is 248 g/mol. The second-order valence-electron chi connectivity index (χ2n) is 5.19. The Kier molecular flexibility index (Phi) is 5.02. The minimum Gasteiger partial charge on any atom is -0.399 e. The molecule has 1 aliphatic rings. The third-order valence-electron chi connectivity index (χ3n) is 3.86. The molecule has 1 aliphatic heterocycles. The SMILES string of the molecule is COCC1CCN(CCc2ccccc2N)CC1. The van der Waals surface area contributed by atoms with Crippen LogP contribution in [0.15, 0.2) is 24.3 Å². The molecule has 1 aromatic carbocycles. The number of methoxy groups -OCH3 is 1. The topological polar surface area (TPSA) is 38.5 Å². The Morgan fingerprint density at radius 3 is 2.67 bits per heavy atom. The van der Waals surface area contributed by atoms with Gasteiger partial charge in [0.1, 0.15) is 0 Å². The van der Waals surface area contributed by atoms with Gasteiger partial charge in [-0.05, 0) is 49.9 Å². The minimum absolute atomic E-state index is 0.757. The third-order valence-corrected chi connectivity index (χ3v) is 3.86. The van der Waals surface area contributed by atoms with Gasteiger partial charge in [-0.15, -0.1) is 0 Å².